The van der Waals surface area contributed by atoms with E-state index in [1.807, 2.05) is 32.9 Å². The summed E-state index contributed by atoms with van der Waals surface area (Å²) < 4.78 is 0. The molecule has 1 aromatic rings. The highest BCUT2D eigenvalue weighted by Crippen LogP contribution is 2.41. The molecule has 0 spiro atoms. The predicted octanol–water partition coefficient (Wildman–Crippen LogP) is 1.69. The molecule has 0 radical (unpaired) electrons. The van der Waals surface area contributed by atoms with Crippen LogP contribution in [0.5, 0.6) is 0 Å². The lowest BCUT2D eigenvalue weighted by Gasteiger charge is -2.17. The molecule has 1 heterocycles. The molecule has 1 aliphatic carbocycles. The number of rotatable bonds is 3. The van der Waals surface area contributed by atoms with Crippen LogP contribution in [0.2, 0.25) is 0 Å². The zero-order valence-electron chi connectivity index (χ0n) is 11.3. The molecule has 1 amide bonds. The fraction of sp³-hybridized carbons (Fsp3) is 0.571. The lowest BCUT2D eigenvalue weighted by Crippen LogP contribution is -2.34. The summed E-state index contributed by atoms with van der Waals surface area (Å²) in [4.78, 5) is 16.1. The van der Waals surface area contributed by atoms with E-state index in [-0.39, 0.29) is 16.9 Å². The van der Waals surface area contributed by atoms with Crippen molar-refractivity contribution in [1.29, 1.82) is 0 Å². The van der Waals surface area contributed by atoms with E-state index >= 15 is 0 Å². The summed E-state index contributed by atoms with van der Waals surface area (Å²) in [5, 5.41) is 2.90. The molecule has 0 saturated heterocycles. The molecular weight excluding hydrogens is 226 g/mol. The average molecular weight is 247 g/mol. The minimum atomic E-state index is -0.358. The van der Waals surface area contributed by atoms with Gasteiger partial charge in [0, 0.05) is 18.2 Å². The smallest absolute Gasteiger partial charge is 0.225 e. The van der Waals surface area contributed by atoms with Crippen molar-refractivity contribution in [3.8, 4) is 0 Å². The molecule has 2 rings (SSSR count). The Labute approximate surface area is 108 Å². The summed E-state index contributed by atoms with van der Waals surface area (Å²) in [7, 11) is 0. The highest BCUT2D eigenvalue weighted by molar-refractivity contribution is 5.81. The highest BCUT2D eigenvalue weighted by Gasteiger charge is 2.41. The van der Waals surface area contributed by atoms with E-state index in [4.69, 9.17) is 5.73 Å². The van der Waals surface area contributed by atoms with Crippen molar-refractivity contribution in [3.05, 3.63) is 29.6 Å². The number of hydrogen-bond donors (Lipinski definition) is 2. The highest BCUT2D eigenvalue weighted by atomic mass is 16.2. The van der Waals surface area contributed by atoms with Crippen molar-refractivity contribution in [1.82, 2.24) is 10.3 Å². The molecule has 1 saturated carbocycles. The average Bonchev–Trinajstić information content (AvgIpc) is 3.05. The Morgan fingerprint density at radius 3 is 2.56 bits per heavy atom. The zero-order valence-corrected chi connectivity index (χ0v) is 11.3. The van der Waals surface area contributed by atoms with E-state index in [1.165, 1.54) is 0 Å². The standard InChI is InChI=1S/C14H21N3O/c1-13(2,3)12(18)17-9-10-4-5-11(16-8-10)14(15)6-7-14/h4-5,8H,6-7,9,15H2,1-3H3,(H,17,18). The third-order valence-electron chi connectivity index (χ3n) is 3.26. The monoisotopic (exact) mass is 247 g/mol. The molecular formula is C14H21N3O. The van der Waals surface area contributed by atoms with E-state index in [0.717, 1.165) is 24.1 Å². The maximum Gasteiger partial charge on any atom is 0.225 e. The molecule has 3 N–H and O–H groups in total. The van der Waals surface area contributed by atoms with Crippen LogP contribution in [-0.2, 0) is 16.9 Å². The number of pyridine rings is 1. The van der Waals surface area contributed by atoms with Crippen LogP contribution in [0.25, 0.3) is 0 Å². The second-order valence-corrected chi connectivity index (χ2v) is 6.14. The summed E-state index contributed by atoms with van der Waals surface area (Å²) in [5.41, 5.74) is 7.47. The van der Waals surface area contributed by atoms with Crippen LogP contribution in [0.4, 0.5) is 0 Å². The SMILES string of the molecule is CC(C)(C)C(=O)NCc1ccc(C2(N)CC2)nc1. The van der Waals surface area contributed by atoms with Crippen molar-refractivity contribution in [2.45, 2.75) is 45.7 Å². The van der Waals surface area contributed by atoms with E-state index in [2.05, 4.69) is 10.3 Å². The number of aromatic nitrogens is 1. The van der Waals surface area contributed by atoms with Gasteiger partial charge in [0.2, 0.25) is 5.91 Å². The Hall–Kier alpha value is -1.42. The van der Waals surface area contributed by atoms with E-state index in [0.29, 0.717) is 6.54 Å². The number of hydrogen-bond acceptors (Lipinski definition) is 3. The van der Waals surface area contributed by atoms with Gasteiger partial charge in [-0.25, -0.2) is 0 Å². The normalized spacial score (nSPS) is 17.3. The number of carbonyl (C=O) groups is 1. The quantitative estimate of drug-likeness (QED) is 0.854. The van der Waals surface area contributed by atoms with Crippen LogP contribution in [0.15, 0.2) is 18.3 Å². The molecule has 0 aliphatic heterocycles. The topological polar surface area (TPSA) is 68.0 Å². The van der Waals surface area contributed by atoms with Gasteiger partial charge in [0.15, 0.2) is 0 Å². The Morgan fingerprint density at radius 2 is 2.11 bits per heavy atom. The fourth-order valence-electron chi connectivity index (χ4n) is 1.66. The summed E-state index contributed by atoms with van der Waals surface area (Å²) >= 11 is 0. The van der Waals surface area contributed by atoms with Crippen LogP contribution in [0.1, 0.15) is 44.9 Å². The first kappa shape index (κ1) is 13.0. The van der Waals surface area contributed by atoms with Gasteiger partial charge in [-0.3, -0.25) is 9.78 Å². The van der Waals surface area contributed by atoms with Gasteiger partial charge in [-0.05, 0) is 24.5 Å². The van der Waals surface area contributed by atoms with Crippen molar-refractivity contribution in [2.24, 2.45) is 11.1 Å². The van der Waals surface area contributed by atoms with Crippen LogP contribution in [-0.4, -0.2) is 10.9 Å². The third kappa shape index (κ3) is 2.88. The van der Waals surface area contributed by atoms with Crippen LogP contribution in [0, 0.1) is 5.41 Å². The lowest BCUT2D eigenvalue weighted by atomic mass is 9.95. The van der Waals surface area contributed by atoms with E-state index in [1.54, 1.807) is 6.20 Å². The van der Waals surface area contributed by atoms with Crippen LogP contribution >= 0.6 is 0 Å². The maximum absolute atomic E-state index is 11.7. The van der Waals surface area contributed by atoms with Gasteiger partial charge in [0.25, 0.3) is 0 Å². The number of nitrogens with zero attached hydrogens (tertiary/aromatic N) is 1. The number of nitrogens with one attached hydrogen (secondary N) is 1. The van der Waals surface area contributed by atoms with Crippen molar-refractivity contribution < 1.29 is 4.79 Å². The Morgan fingerprint density at radius 1 is 1.44 bits per heavy atom. The summed E-state index contributed by atoms with van der Waals surface area (Å²) in [6, 6.07) is 3.95. The second-order valence-electron chi connectivity index (χ2n) is 6.14. The fourth-order valence-corrected chi connectivity index (χ4v) is 1.66. The minimum absolute atomic E-state index is 0.0454. The zero-order chi connectivity index (χ0) is 13.4. The maximum atomic E-state index is 11.7. The van der Waals surface area contributed by atoms with Crippen LogP contribution in [0.3, 0.4) is 0 Å². The molecule has 0 atom stereocenters. The van der Waals surface area contributed by atoms with Gasteiger partial charge in [-0.2, -0.15) is 0 Å². The molecule has 1 aromatic heterocycles. The van der Waals surface area contributed by atoms with Gasteiger partial charge in [-0.15, -0.1) is 0 Å². The summed E-state index contributed by atoms with van der Waals surface area (Å²) in [6.45, 7) is 6.21. The van der Waals surface area contributed by atoms with E-state index < -0.39 is 0 Å². The Bertz CT molecular complexity index is 441. The van der Waals surface area contributed by atoms with E-state index in [9.17, 15) is 4.79 Å². The van der Waals surface area contributed by atoms with Gasteiger partial charge in [-0.1, -0.05) is 26.8 Å². The number of nitrogens with two attached hydrogens (primary N) is 1. The Balaban J connectivity index is 1.93. The van der Waals surface area contributed by atoms with Crippen molar-refractivity contribution in [2.75, 3.05) is 0 Å². The molecule has 98 valence electrons. The molecule has 18 heavy (non-hydrogen) atoms. The summed E-state index contributed by atoms with van der Waals surface area (Å²) in [5.74, 6) is 0.0454. The van der Waals surface area contributed by atoms with Crippen molar-refractivity contribution >= 4 is 5.91 Å². The first-order chi connectivity index (χ1) is 8.31. The number of carbonyl (C=O) groups excluding carboxylic acids is 1. The van der Waals surface area contributed by atoms with Gasteiger partial charge in [0.05, 0.1) is 11.2 Å². The molecule has 0 aromatic carbocycles. The first-order valence-electron chi connectivity index (χ1n) is 6.34. The molecule has 4 heteroatoms. The third-order valence-corrected chi connectivity index (χ3v) is 3.26. The molecule has 1 aliphatic rings. The molecule has 0 unspecified atom stereocenters. The van der Waals surface area contributed by atoms with Crippen LogP contribution < -0.4 is 11.1 Å². The van der Waals surface area contributed by atoms with Gasteiger partial charge < -0.3 is 11.1 Å². The molecule has 4 nitrogen and oxygen atoms in total. The van der Waals surface area contributed by atoms with Crippen molar-refractivity contribution in [3.63, 3.8) is 0 Å². The van der Waals surface area contributed by atoms with Gasteiger partial charge >= 0.3 is 0 Å². The van der Waals surface area contributed by atoms with Gasteiger partial charge in [0.1, 0.15) is 0 Å². The molecule has 0 bridgehead atoms. The lowest BCUT2D eigenvalue weighted by molar-refractivity contribution is -0.128. The predicted molar refractivity (Wildman–Crippen MR) is 70.6 cm³/mol. The largest absolute Gasteiger partial charge is 0.352 e. The Kier molecular flexibility index (Phi) is 3.15. The minimum Gasteiger partial charge on any atom is -0.352 e. The summed E-state index contributed by atoms with van der Waals surface area (Å²) in [6.07, 6.45) is 3.82. The first-order valence-corrected chi connectivity index (χ1v) is 6.34. The number of amides is 1. The molecule has 1 fully saturated rings. The second kappa shape index (κ2) is 4.35.